The van der Waals surface area contributed by atoms with Crippen molar-refractivity contribution < 1.29 is 9.59 Å². The molecule has 0 atom stereocenters. The third kappa shape index (κ3) is 3.05. The number of urea groups is 1. The Bertz CT molecular complexity index is 511. The van der Waals surface area contributed by atoms with Gasteiger partial charge in [-0.05, 0) is 44.0 Å². The minimum Gasteiger partial charge on any atom is -0.336 e. The van der Waals surface area contributed by atoms with E-state index >= 15 is 0 Å². The van der Waals surface area contributed by atoms with Crippen molar-refractivity contribution in [1.29, 1.82) is 0 Å². The van der Waals surface area contributed by atoms with Crippen LogP contribution in [-0.4, -0.2) is 25.0 Å². The topological polar surface area (TPSA) is 61.4 Å². The Morgan fingerprint density at radius 3 is 2.74 bits per heavy atom. The highest BCUT2D eigenvalue weighted by atomic mass is 16.2. The molecule has 1 aromatic carbocycles. The van der Waals surface area contributed by atoms with Crippen LogP contribution < -0.4 is 15.5 Å². The van der Waals surface area contributed by atoms with Crippen molar-refractivity contribution in [3.8, 4) is 0 Å². The number of hydrogen-bond donors (Lipinski definition) is 2. The number of hydrogen-bond acceptors (Lipinski definition) is 2. The zero-order chi connectivity index (χ0) is 14.0. The Labute approximate surface area is 113 Å². The molecule has 1 aliphatic rings. The summed E-state index contributed by atoms with van der Waals surface area (Å²) in [5.41, 5.74) is 2.76. The fourth-order valence-corrected chi connectivity index (χ4v) is 2.16. The molecule has 3 amide bonds. The Hall–Kier alpha value is -2.04. The molecule has 0 spiro atoms. The van der Waals surface area contributed by atoms with E-state index in [1.807, 2.05) is 32.0 Å². The molecule has 0 fully saturated rings. The Balaban J connectivity index is 2.13. The smallest absolute Gasteiger partial charge is 0.319 e. The summed E-state index contributed by atoms with van der Waals surface area (Å²) in [5.74, 6) is 0.130. The number of carbonyl (C=O) groups is 2. The summed E-state index contributed by atoms with van der Waals surface area (Å²) in [6.07, 6.45) is 1.24. The van der Waals surface area contributed by atoms with Gasteiger partial charge in [-0.25, -0.2) is 4.79 Å². The number of nitrogens with zero attached hydrogens (tertiary/aromatic N) is 1. The van der Waals surface area contributed by atoms with Crippen molar-refractivity contribution in [2.24, 2.45) is 0 Å². The van der Waals surface area contributed by atoms with Crippen LogP contribution in [0, 0.1) is 0 Å². The zero-order valence-corrected chi connectivity index (χ0v) is 11.5. The number of carbonyl (C=O) groups excluding carboxylic acids is 2. The summed E-state index contributed by atoms with van der Waals surface area (Å²) in [5, 5.41) is 5.57. The third-order valence-corrected chi connectivity index (χ3v) is 3.10. The molecule has 5 nitrogen and oxygen atoms in total. The minimum absolute atomic E-state index is 0.0985. The number of benzene rings is 1. The quantitative estimate of drug-likeness (QED) is 0.856. The van der Waals surface area contributed by atoms with Gasteiger partial charge in [0.15, 0.2) is 0 Å². The first-order valence-corrected chi connectivity index (χ1v) is 6.44. The lowest BCUT2D eigenvalue weighted by Gasteiger charge is -2.26. The van der Waals surface area contributed by atoms with E-state index in [2.05, 4.69) is 10.6 Å². The van der Waals surface area contributed by atoms with Gasteiger partial charge >= 0.3 is 6.03 Å². The van der Waals surface area contributed by atoms with Crippen molar-refractivity contribution >= 4 is 23.3 Å². The molecule has 0 aromatic heterocycles. The lowest BCUT2D eigenvalue weighted by atomic mass is 10.0. The molecule has 0 aliphatic carbocycles. The molecule has 0 bridgehead atoms. The molecular formula is C14H19N3O2. The van der Waals surface area contributed by atoms with E-state index in [-0.39, 0.29) is 18.0 Å². The number of nitrogens with one attached hydrogen (secondary N) is 2. The van der Waals surface area contributed by atoms with Gasteiger partial charge in [-0.1, -0.05) is 0 Å². The largest absolute Gasteiger partial charge is 0.336 e. The third-order valence-electron chi connectivity index (χ3n) is 3.10. The fourth-order valence-electron chi connectivity index (χ4n) is 2.16. The number of fused-ring (bicyclic) bond motifs is 1. The van der Waals surface area contributed by atoms with Gasteiger partial charge in [0.1, 0.15) is 0 Å². The van der Waals surface area contributed by atoms with Gasteiger partial charge in [0, 0.05) is 30.9 Å². The zero-order valence-electron chi connectivity index (χ0n) is 11.5. The van der Waals surface area contributed by atoms with Gasteiger partial charge in [0.25, 0.3) is 0 Å². The number of rotatable bonds is 2. The van der Waals surface area contributed by atoms with Gasteiger partial charge in [-0.2, -0.15) is 0 Å². The van der Waals surface area contributed by atoms with Crippen LogP contribution in [-0.2, 0) is 11.2 Å². The van der Waals surface area contributed by atoms with E-state index in [0.717, 1.165) is 23.4 Å². The lowest BCUT2D eigenvalue weighted by Crippen LogP contribution is -2.34. The van der Waals surface area contributed by atoms with E-state index in [1.54, 1.807) is 11.9 Å². The van der Waals surface area contributed by atoms with Crippen LogP contribution >= 0.6 is 0 Å². The maximum atomic E-state index is 11.6. The Morgan fingerprint density at radius 1 is 1.32 bits per heavy atom. The SMILES string of the molecule is CC(C)NC(=O)Nc1ccc2c(c1)CCC(=O)N2C. The fraction of sp³-hybridized carbons (Fsp3) is 0.429. The summed E-state index contributed by atoms with van der Waals surface area (Å²) in [7, 11) is 1.78. The molecule has 1 aromatic rings. The predicted molar refractivity (Wildman–Crippen MR) is 75.5 cm³/mol. The molecular weight excluding hydrogens is 242 g/mol. The van der Waals surface area contributed by atoms with Crippen LogP contribution in [0.4, 0.5) is 16.2 Å². The van der Waals surface area contributed by atoms with Crippen LogP contribution in [0.5, 0.6) is 0 Å². The van der Waals surface area contributed by atoms with E-state index in [1.165, 1.54) is 0 Å². The molecule has 0 saturated heterocycles. The van der Waals surface area contributed by atoms with Crippen LogP contribution in [0.25, 0.3) is 0 Å². The van der Waals surface area contributed by atoms with Crippen LogP contribution in [0.2, 0.25) is 0 Å². The van der Waals surface area contributed by atoms with Crippen molar-refractivity contribution in [1.82, 2.24) is 5.32 Å². The van der Waals surface area contributed by atoms with Crippen molar-refractivity contribution in [3.05, 3.63) is 23.8 Å². The van der Waals surface area contributed by atoms with Crippen LogP contribution in [0.1, 0.15) is 25.8 Å². The molecule has 1 aliphatic heterocycles. The highest BCUT2D eigenvalue weighted by molar-refractivity contribution is 5.97. The summed E-state index contributed by atoms with van der Waals surface area (Å²) >= 11 is 0. The van der Waals surface area contributed by atoms with Crippen LogP contribution in [0.3, 0.4) is 0 Å². The summed E-state index contributed by atoms with van der Waals surface area (Å²) in [4.78, 5) is 24.9. The number of anilines is 2. The van der Waals surface area contributed by atoms with E-state index in [9.17, 15) is 9.59 Å². The average Bonchev–Trinajstić information content (AvgIpc) is 2.33. The van der Waals surface area contributed by atoms with Crippen LogP contribution in [0.15, 0.2) is 18.2 Å². The van der Waals surface area contributed by atoms with Gasteiger partial charge in [-0.15, -0.1) is 0 Å². The second-order valence-electron chi connectivity index (χ2n) is 5.05. The first kappa shape index (κ1) is 13.4. The molecule has 2 rings (SSSR count). The number of amides is 3. The second kappa shape index (κ2) is 5.30. The number of aryl methyl sites for hydroxylation is 1. The standard InChI is InChI=1S/C14H19N3O2/c1-9(2)15-14(19)16-11-5-6-12-10(8-11)4-7-13(18)17(12)3/h5-6,8-9H,4,7H2,1-3H3,(H2,15,16,19). The average molecular weight is 261 g/mol. The molecule has 2 N–H and O–H groups in total. The molecule has 0 saturated carbocycles. The molecule has 1 heterocycles. The molecule has 0 unspecified atom stereocenters. The second-order valence-corrected chi connectivity index (χ2v) is 5.05. The summed E-state index contributed by atoms with van der Waals surface area (Å²) in [6.45, 7) is 3.82. The first-order chi connectivity index (χ1) is 8.97. The van der Waals surface area contributed by atoms with Crippen molar-refractivity contribution in [2.75, 3.05) is 17.3 Å². The maximum Gasteiger partial charge on any atom is 0.319 e. The first-order valence-electron chi connectivity index (χ1n) is 6.44. The summed E-state index contributed by atoms with van der Waals surface area (Å²) < 4.78 is 0. The van der Waals surface area contributed by atoms with Crippen molar-refractivity contribution in [2.45, 2.75) is 32.7 Å². The molecule has 19 heavy (non-hydrogen) atoms. The van der Waals surface area contributed by atoms with E-state index in [0.29, 0.717) is 6.42 Å². The van der Waals surface area contributed by atoms with E-state index in [4.69, 9.17) is 0 Å². The highest BCUT2D eigenvalue weighted by Crippen LogP contribution is 2.29. The van der Waals surface area contributed by atoms with Gasteiger partial charge in [0.05, 0.1) is 0 Å². The highest BCUT2D eigenvalue weighted by Gasteiger charge is 2.20. The Morgan fingerprint density at radius 2 is 2.05 bits per heavy atom. The molecule has 0 radical (unpaired) electrons. The predicted octanol–water partition coefficient (Wildman–Crippen LogP) is 2.13. The normalized spacial score (nSPS) is 14.3. The molecule has 102 valence electrons. The van der Waals surface area contributed by atoms with E-state index < -0.39 is 0 Å². The monoisotopic (exact) mass is 261 g/mol. The molecule has 5 heteroatoms. The summed E-state index contributed by atoms with van der Waals surface area (Å²) in [6, 6.07) is 5.50. The van der Waals surface area contributed by atoms with Crippen molar-refractivity contribution in [3.63, 3.8) is 0 Å². The minimum atomic E-state index is -0.213. The van der Waals surface area contributed by atoms with Gasteiger partial charge in [-0.3, -0.25) is 4.79 Å². The Kier molecular flexibility index (Phi) is 3.74. The van der Waals surface area contributed by atoms with Gasteiger partial charge < -0.3 is 15.5 Å². The maximum absolute atomic E-state index is 11.6. The lowest BCUT2D eigenvalue weighted by molar-refractivity contribution is -0.118. The van der Waals surface area contributed by atoms with Gasteiger partial charge in [0.2, 0.25) is 5.91 Å².